The maximum absolute atomic E-state index is 12.1. The fourth-order valence-electron chi connectivity index (χ4n) is 1.45. The van der Waals surface area contributed by atoms with Crippen molar-refractivity contribution >= 4 is 39.3 Å². The molecule has 0 bridgehead atoms. The van der Waals surface area contributed by atoms with Crippen LogP contribution >= 0.6 is 23.1 Å². The number of rotatable bonds is 4. The van der Waals surface area contributed by atoms with Gasteiger partial charge >= 0.3 is 5.97 Å². The molecule has 0 saturated heterocycles. The zero-order valence-corrected chi connectivity index (χ0v) is 10.7. The van der Waals surface area contributed by atoms with Gasteiger partial charge in [-0.15, -0.1) is 11.3 Å². The number of aliphatic carboxylic acids is 1. The molecule has 2 aromatic heterocycles. The Morgan fingerprint density at radius 1 is 1.65 bits per heavy atom. The summed E-state index contributed by atoms with van der Waals surface area (Å²) in [6, 6.07) is 1.74. The molecule has 0 aliphatic heterocycles. The SMILES string of the molecule is CCn1c(SCC(=O)O)nc2sccc2c1=O. The molecule has 2 aromatic rings. The molecule has 0 saturated carbocycles. The largest absolute Gasteiger partial charge is 0.481 e. The van der Waals surface area contributed by atoms with E-state index in [1.165, 1.54) is 15.9 Å². The Hall–Kier alpha value is -1.34. The number of carbonyl (C=O) groups is 1. The monoisotopic (exact) mass is 270 g/mol. The summed E-state index contributed by atoms with van der Waals surface area (Å²) in [5, 5.41) is 11.5. The van der Waals surface area contributed by atoms with Gasteiger partial charge in [-0.25, -0.2) is 4.98 Å². The molecule has 0 atom stereocenters. The van der Waals surface area contributed by atoms with E-state index in [9.17, 15) is 9.59 Å². The molecular weight excluding hydrogens is 260 g/mol. The minimum Gasteiger partial charge on any atom is -0.481 e. The van der Waals surface area contributed by atoms with Gasteiger partial charge in [0.05, 0.1) is 11.1 Å². The van der Waals surface area contributed by atoms with Crippen molar-refractivity contribution in [1.29, 1.82) is 0 Å². The fourth-order valence-corrected chi connectivity index (χ4v) is 3.03. The summed E-state index contributed by atoms with van der Waals surface area (Å²) in [5.41, 5.74) is -0.105. The first kappa shape index (κ1) is 12.1. The van der Waals surface area contributed by atoms with Crippen LogP contribution in [0.25, 0.3) is 10.2 Å². The van der Waals surface area contributed by atoms with E-state index in [0.29, 0.717) is 21.9 Å². The Balaban J connectivity index is 2.52. The van der Waals surface area contributed by atoms with Gasteiger partial charge < -0.3 is 5.11 Å². The van der Waals surface area contributed by atoms with E-state index in [4.69, 9.17) is 5.11 Å². The smallest absolute Gasteiger partial charge is 0.313 e. The lowest BCUT2D eigenvalue weighted by atomic mass is 10.4. The zero-order chi connectivity index (χ0) is 12.4. The highest BCUT2D eigenvalue weighted by molar-refractivity contribution is 7.99. The second-order valence-corrected chi connectivity index (χ2v) is 5.10. The Kier molecular flexibility index (Phi) is 3.49. The van der Waals surface area contributed by atoms with Gasteiger partial charge in [-0.3, -0.25) is 14.2 Å². The van der Waals surface area contributed by atoms with Crippen molar-refractivity contribution in [3.05, 3.63) is 21.8 Å². The summed E-state index contributed by atoms with van der Waals surface area (Å²) in [4.78, 5) is 27.6. The molecule has 0 aliphatic carbocycles. The molecule has 2 rings (SSSR count). The van der Waals surface area contributed by atoms with Crippen LogP contribution in [-0.2, 0) is 11.3 Å². The highest BCUT2D eigenvalue weighted by atomic mass is 32.2. The quantitative estimate of drug-likeness (QED) is 0.675. The molecule has 0 amide bonds. The first-order valence-corrected chi connectivity index (χ1v) is 6.82. The van der Waals surface area contributed by atoms with Crippen molar-refractivity contribution in [3.63, 3.8) is 0 Å². The summed E-state index contributed by atoms with van der Waals surface area (Å²) < 4.78 is 1.50. The molecule has 0 aromatic carbocycles. The van der Waals surface area contributed by atoms with Crippen molar-refractivity contribution in [2.75, 3.05) is 5.75 Å². The van der Waals surface area contributed by atoms with Crippen molar-refractivity contribution in [3.8, 4) is 0 Å². The minimum atomic E-state index is -0.918. The Labute approximate surface area is 105 Å². The molecule has 7 heteroatoms. The summed E-state index contributed by atoms with van der Waals surface area (Å²) >= 11 is 2.45. The summed E-state index contributed by atoms with van der Waals surface area (Å²) in [6.45, 7) is 2.33. The lowest BCUT2D eigenvalue weighted by Crippen LogP contribution is -2.22. The van der Waals surface area contributed by atoms with E-state index >= 15 is 0 Å². The summed E-state index contributed by atoms with van der Waals surface area (Å²) in [7, 11) is 0. The predicted molar refractivity (Wildman–Crippen MR) is 67.9 cm³/mol. The molecule has 0 radical (unpaired) electrons. The zero-order valence-electron chi connectivity index (χ0n) is 9.04. The molecule has 90 valence electrons. The molecule has 1 N–H and O–H groups in total. The number of hydrogen-bond donors (Lipinski definition) is 1. The van der Waals surface area contributed by atoms with Crippen LogP contribution in [0.3, 0.4) is 0 Å². The number of fused-ring (bicyclic) bond motifs is 1. The van der Waals surface area contributed by atoms with Crippen molar-refractivity contribution in [1.82, 2.24) is 9.55 Å². The maximum Gasteiger partial charge on any atom is 0.313 e. The van der Waals surface area contributed by atoms with Crippen LogP contribution in [-0.4, -0.2) is 26.4 Å². The lowest BCUT2D eigenvalue weighted by molar-refractivity contribution is -0.133. The van der Waals surface area contributed by atoms with Gasteiger partial charge in [-0.05, 0) is 18.4 Å². The molecule has 5 nitrogen and oxygen atoms in total. The Morgan fingerprint density at radius 2 is 2.41 bits per heavy atom. The predicted octanol–water partition coefficient (Wildman–Crippen LogP) is 1.65. The highest BCUT2D eigenvalue weighted by Gasteiger charge is 2.12. The molecule has 2 heterocycles. The van der Waals surface area contributed by atoms with Gasteiger partial charge in [-0.2, -0.15) is 0 Å². The van der Waals surface area contributed by atoms with E-state index in [-0.39, 0.29) is 11.3 Å². The van der Waals surface area contributed by atoms with Gasteiger partial charge in [0.15, 0.2) is 5.16 Å². The van der Waals surface area contributed by atoms with Crippen LogP contribution in [0.2, 0.25) is 0 Å². The number of hydrogen-bond acceptors (Lipinski definition) is 5. The van der Waals surface area contributed by atoms with Gasteiger partial charge in [0.2, 0.25) is 0 Å². The number of nitrogens with zero attached hydrogens (tertiary/aromatic N) is 2. The molecule has 0 spiro atoms. The van der Waals surface area contributed by atoms with Gasteiger partial charge in [0.1, 0.15) is 4.83 Å². The third kappa shape index (κ3) is 2.34. The second-order valence-electron chi connectivity index (χ2n) is 3.27. The van der Waals surface area contributed by atoms with Crippen molar-refractivity contribution < 1.29 is 9.90 Å². The average molecular weight is 270 g/mol. The molecular formula is C10H10N2O3S2. The van der Waals surface area contributed by atoms with Crippen LogP contribution in [0.1, 0.15) is 6.92 Å². The molecule has 0 unspecified atom stereocenters. The average Bonchev–Trinajstić information content (AvgIpc) is 2.74. The first-order valence-electron chi connectivity index (χ1n) is 4.96. The number of carboxylic acid groups (broad SMARTS) is 1. The number of carboxylic acids is 1. The maximum atomic E-state index is 12.1. The van der Waals surface area contributed by atoms with Crippen LogP contribution < -0.4 is 5.56 Å². The molecule has 17 heavy (non-hydrogen) atoms. The van der Waals surface area contributed by atoms with Crippen LogP contribution in [0.15, 0.2) is 21.4 Å². The van der Waals surface area contributed by atoms with Gasteiger partial charge in [0, 0.05) is 6.54 Å². The van der Waals surface area contributed by atoms with Crippen LogP contribution in [0.4, 0.5) is 0 Å². The van der Waals surface area contributed by atoms with Crippen molar-refractivity contribution in [2.45, 2.75) is 18.6 Å². The third-order valence-corrected chi connectivity index (χ3v) is 3.96. The summed E-state index contributed by atoms with van der Waals surface area (Å²) in [5.74, 6) is -1.01. The summed E-state index contributed by atoms with van der Waals surface area (Å²) in [6.07, 6.45) is 0. The number of thiophene rings is 1. The van der Waals surface area contributed by atoms with E-state index in [2.05, 4.69) is 4.98 Å². The molecule has 0 fully saturated rings. The van der Waals surface area contributed by atoms with E-state index in [1.807, 2.05) is 12.3 Å². The lowest BCUT2D eigenvalue weighted by Gasteiger charge is -2.08. The van der Waals surface area contributed by atoms with Crippen LogP contribution in [0.5, 0.6) is 0 Å². The van der Waals surface area contributed by atoms with Crippen molar-refractivity contribution in [2.24, 2.45) is 0 Å². The minimum absolute atomic E-state index is 0.0939. The topological polar surface area (TPSA) is 72.2 Å². The number of thioether (sulfide) groups is 1. The Morgan fingerprint density at radius 3 is 3.06 bits per heavy atom. The van der Waals surface area contributed by atoms with E-state index in [1.54, 1.807) is 6.07 Å². The highest BCUT2D eigenvalue weighted by Crippen LogP contribution is 2.20. The van der Waals surface area contributed by atoms with Gasteiger partial charge in [-0.1, -0.05) is 11.8 Å². The van der Waals surface area contributed by atoms with E-state index < -0.39 is 5.97 Å². The number of aromatic nitrogens is 2. The second kappa shape index (κ2) is 4.89. The van der Waals surface area contributed by atoms with Gasteiger partial charge in [0.25, 0.3) is 5.56 Å². The fraction of sp³-hybridized carbons (Fsp3) is 0.300. The van der Waals surface area contributed by atoms with E-state index in [0.717, 1.165) is 11.8 Å². The Bertz CT molecular complexity index is 618. The van der Waals surface area contributed by atoms with Crippen LogP contribution in [0, 0.1) is 0 Å². The third-order valence-electron chi connectivity index (χ3n) is 2.19. The molecule has 0 aliphatic rings. The normalized spacial score (nSPS) is 10.9. The standard InChI is InChI=1S/C10H10N2O3S2/c1-2-12-9(15)6-3-4-16-8(6)11-10(12)17-5-7(13)14/h3-4H,2,5H2,1H3,(H,13,14). The first-order chi connectivity index (χ1) is 8.13.